The average molecular weight is 380 g/mol. The molecule has 28 heavy (non-hydrogen) atoms. The van der Waals surface area contributed by atoms with Gasteiger partial charge in [0.05, 0.1) is 11.7 Å². The highest BCUT2D eigenvalue weighted by Gasteiger charge is 2.33. The van der Waals surface area contributed by atoms with Crippen LogP contribution in [0.1, 0.15) is 57.5 Å². The largest absolute Gasteiger partial charge is 0.487 e. The standard InChI is InChI=1S/C22H24N2O4/c23-21(26)15-10-8-14(9-11-15)12-24-13-16-4-3-7-19(20(16)22(24)27)28-18-6-2-1-5-17(18)25/h3-4,7-11,17-18,25H,1-2,5-6,12-13H2,(H2,23,26)/t17-,18-/m1/s1. The molecule has 0 spiro atoms. The molecule has 0 bridgehead atoms. The minimum atomic E-state index is -0.485. The van der Waals surface area contributed by atoms with Crippen LogP contribution in [0.3, 0.4) is 0 Å². The van der Waals surface area contributed by atoms with E-state index in [0.29, 0.717) is 30.0 Å². The number of benzene rings is 2. The summed E-state index contributed by atoms with van der Waals surface area (Å²) in [5, 5.41) is 10.2. The Kier molecular flexibility index (Phi) is 5.05. The molecule has 146 valence electrons. The van der Waals surface area contributed by atoms with Gasteiger partial charge in [-0.15, -0.1) is 0 Å². The molecule has 4 rings (SSSR count). The highest BCUT2D eigenvalue weighted by Crippen LogP contribution is 2.34. The fraction of sp³-hybridized carbons (Fsp3) is 0.364. The van der Waals surface area contributed by atoms with E-state index in [1.807, 2.05) is 30.3 Å². The summed E-state index contributed by atoms with van der Waals surface area (Å²) >= 11 is 0. The van der Waals surface area contributed by atoms with Gasteiger partial charge < -0.3 is 20.5 Å². The van der Waals surface area contributed by atoms with Crippen LogP contribution < -0.4 is 10.5 Å². The fourth-order valence-electron chi connectivity index (χ4n) is 3.99. The predicted molar refractivity (Wildman–Crippen MR) is 104 cm³/mol. The molecule has 1 aliphatic heterocycles. The van der Waals surface area contributed by atoms with E-state index < -0.39 is 12.0 Å². The molecule has 6 nitrogen and oxygen atoms in total. The molecule has 1 saturated carbocycles. The van der Waals surface area contributed by atoms with Gasteiger partial charge in [0, 0.05) is 18.7 Å². The van der Waals surface area contributed by atoms with Gasteiger partial charge in [-0.2, -0.15) is 0 Å². The molecule has 1 fully saturated rings. The molecule has 2 aromatic rings. The third kappa shape index (κ3) is 3.60. The predicted octanol–water partition coefficient (Wildman–Crippen LogP) is 2.62. The maximum Gasteiger partial charge on any atom is 0.258 e. The molecule has 0 radical (unpaired) electrons. The van der Waals surface area contributed by atoms with Gasteiger partial charge in [-0.3, -0.25) is 9.59 Å². The smallest absolute Gasteiger partial charge is 0.258 e. The number of amides is 2. The van der Waals surface area contributed by atoms with Crippen molar-refractivity contribution in [2.24, 2.45) is 5.73 Å². The molecule has 1 aliphatic carbocycles. The number of fused-ring (bicyclic) bond motifs is 1. The number of rotatable bonds is 5. The normalized spacial score (nSPS) is 21.5. The van der Waals surface area contributed by atoms with Crippen molar-refractivity contribution < 1.29 is 19.4 Å². The summed E-state index contributed by atoms with van der Waals surface area (Å²) in [7, 11) is 0. The number of nitrogens with two attached hydrogens (primary N) is 1. The number of nitrogens with zero attached hydrogens (tertiary/aromatic N) is 1. The van der Waals surface area contributed by atoms with Crippen molar-refractivity contribution >= 4 is 11.8 Å². The van der Waals surface area contributed by atoms with Crippen LogP contribution in [0.15, 0.2) is 42.5 Å². The summed E-state index contributed by atoms with van der Waals surface area (Å²) < 4.78 is 6.07. The van der Waals surface area contributed by atoms with E-state index >= 15 is 0 Å². The number of aliphatic hydroxyl groups is 1. The Hall–Kier alpha value is -2.86. The van der Waals surface area contributed by atoms with Crippen molar-refractivity contribution in [1.82, 2.24) is 4.90 Å². The molecule has 1 heterocycles. The van der Waals surface area contributed by atoms with Gasteiger partial charge in [0.1, 0.15) is 11.9 Å². The maximum absolute atomic E-state index is 13.0. The highest BCUT2D eigenvalue weighted by molar-refractivity contribution is 6.01. The van der Waals surface area contributed by atoms with Gasteiger partial charge >= 0.3 is 0 Å². The average Bonchev–Trinajstić information content (AvgIpc) is 3.00. The number of hydrogen-bond acceptors (Lipinski definition) is 4. The van der Waals surface area contributed by atoms with Crippen LogP contribution in [0.5, 0.6) is 5.75 Å². The van der Waals surface area contributed by atoms with E-state index in [-0.39, 0.29) is 12.0 Å². The zero-order chi connectivity index (χ0) is 19.7. The van der Waals surface area contributed by atoms with Gasteiger partial charge in [0.2, 0.25) is 5.91 Å². The van der Waals surface area contributed by atoms with Gasteiger partial charge in [-0.1, -0.05) is 30.7 Å². The van der Waals surface area contributed by atoms with Crippen molar-refractivity contribution in [3.8, 4) is 5.75 Å². The third-order valence-electron chi connectivity index (χ3n) is 5.53. The van der Waals surface area contributed by atoms with Crippen molar-refractivity contribution in [3.05, 3.63) is 64.7 Å². The maximum atomic E-state index is 13.0. The molecular weight excluding hydrogens is 356 g/mol. The van der Waals surface area contributed by atoms with E-state index in [1.165, 1.54) is 0 Å². The lowest BCUT2D eigenvalue weighted by Crippen LogP contribution is -2.35. The molecular formula is C22H24N2O4. The SMILES string of the molecule is NC(=O)c1ccc(CN2Cc3cccc(O[C@@H]4CCCC[C@H]4O)c3C2=O)cc1. The lowest BCUT2D eigenvalue weighted by molar-refractivity contribution is 0.00636. The Morgan fingerprint density at radius 2 is 1.89 bits per heavy atom. The number of primary amides is 1. The quantitative estimate of drug-likeness (QED) is 0.834. The van der Waals surface area contributed by atoms with E-state index in [4.69, 9.17) is 10.5 Å². The summed E-state index contributed by atoms with van der Waals surface area (Å²) in [4.78, 5) is 26.0. The molecule has 2 aliphatic rings. The number of ether oxygens (including phenoxy) is 1. The van der Waals surface area contributed by atoms with Crippen molar-refractivity contribution in [3.63, 3.8) is 0 Å². The monoisotopic (exact) mass is 380 g/mol. The summed E-state index contributed by atoms with van der Waals surface area (Å²) in [6, 6.07) is 12.6. The van der Waals surface area contributed by atoms with Crippen LogP contribution >= 0.6 is 0 Å². The van der Waals surface area contributed by atoms with Crippen molar-refractivity contribution in [2.75, 3.05) is 0 Å². The Labute approximate surface area is 163 Å². The van der Waals surface area contributed by atoms with Crippen LogP contribution in [0.2, 0.25) is 0 Å². The zero-order valence-electron chi connectivity index (χ0n) is 15.6. The van der Waals surface area contributed by atoms with E-state index in [9.17, 15) is 14.7 Å². The Morgan fingerprint density at radius 1 is 1.14 bits per heavy atom. The van der Waals surface area contributed by atoms with Gasteiger partial charge in [-0.25, -0.2) is 0 Å². The Morgan fingerprint density at radius 3 is 2.61 bits per heavy atom. The summed E-state index contributed by atoms with van der Waals surface area (Å²) in [6.07, 6.45) is 2.83. The van der Waals surface area contributed by atoms with E-state index in [0.717, 1.165) is 36.8 Å². The number of carbonyl (C=O) groups is 2. The van der Waals surface area contributed by atoms with E-state index in [1.54, 1.807) is 17.0 Å². The molecule has 0 aromatic heterocycles. The molecule has 2 amide bonds. The first-order valence-electron chi connectivity index (χ1n) is 9.67. The van der Waals surface area contributed by atoms with Gasteiger partial charge in [0.25, 0.3) is 5.91 Å². The lowest BCUT2D eigenvalue weighted by Gasteiger charge is -2.28. The molecule has 0 unspecified atom stereocenters. The number of hydrogen-bond donors (Lipinski definition) is 2. The topological polar surface area (TPSA) is 92.9 Å². The molecule has 0 saturated heterocycles. The zero-order valence-corrected chi connectivity index (χ0v) is 15.6. The third-order valence-corrected chi connectivity index (χ3v) is 5.53. The minimum Gasteiger partial charge on any atom is -0.487 e. The Balaban J connectivity index is 1.51. The van der Waals surface area contributed by atoms with Crippen LogP contribution in [0, 0.1) is 0 Å². The minimum absolute atomic E-state index is 0.0742. The van der Waals surface area contributed by atoms with Crippen LogP contribution in [0.25, 0.3) is 0 Å². The molecule has 2 aromatic carbocycles. The summed E-state index contributed by atoms with van der Waals surface area (Å²) in [5.41, 5.74) is 8.17. The lowest BCUT2D eigenvalue weighted by atomic mass is 9.94. The summed E-state index contributed by atoms with van der Waals surface area (Å²) in [6.45, 7) is 0.953. The first kappa shape index (κ1) is 18.5. The number of aliphatic hydroxyl groups excluding tert-OH is 1. The van der Waals surface area contributed by atoms with Crippen molar-refractivity contribution in [2.45, 2.75) is 51.0 Å². The number of carbonyl (C=O) groups excluding carboxylic acids is 2. The van der Waals surface area contributed by atoms with E-state index in [2.05, 4.69) is 0 Å². The second-order valence-electron chi connectivity index (χ2n) is 7.52. The van der Waals surface area contributed by atoms with Crippen molar-refractivity contribution in [1.29, 1.82) is 0 Å². The van der Waals surface area contributed by atoms with Gasteiger partial charge in [-0.05, 0) is 48.6 Å². The summed E-state index contributed by atoms with van der Waals surface area (Å²) in [5.74, 6) is 0.0119. The van der Waals surface area contributed by atoms with Crippen LogP contribution in [0.4, 0.5) is 0 Å². The molecule has 3 N–H and O–H groups in total. The first-order chi connectivity index (χ1) is 13.5. The molecule has 6 heteroatoms. The first-order valence-corrected chi connectivity index (χ1v) is 9.67. The second kappa shape index (κ2) is 7.64. The van der Waals surface area contributed by atoms with Crippen LogP contribution in [-0.4, -0.2) is 34.0 Å². The van der Waals surface area contributed by atoms with Crippen LogP contribution in [-0.2, 0) is 13.1 Å². The van der Waals surface area contributed by atoms with Gasteiger partial charge in [0.15, 0.2) is 0 Å². The fourth-order valence-corrected chi connectivity index (χ4v) is 3.99. The highest BCUT2D eigenvalue weighted by atomic mass is 16.5. The second-order valence-corrected chi connectivity index (χ2v) is 7.52. The molecule has 2 atom stereocenters. The Bertz CT molecular complexity index is 894.